The first kappa shape index (κ1) is 15.0. The number of aromatic nitrogens is 1. The number of hydrogen-bond acceptors (Lipinski definition) is 5. The Morgan fingerprint density at radius 3 is 2.58 bits per heavy atom. The van der Waals surface area contributed by atoms with Crippen molar-refractivity contribution in [2.24, 2.45) is 5.92 Å². The van der Waals surface area contributed by atoms with Crippen LogP contribution in [0.1, 0.15) is 25.7 Å². The van der Waals surface area contributed by atoms with Crippen molar-refractivity contribution in [2.45, 2.75) is 31.2 Å². The topological polar surface area (TPSA) is 95.7 Å². The van der Waals surface area contributed by atoms with E-state index in [1.807, 2.05) is 29.2 Å². The molecule has 1 saturated carbocycles. The summed E-state index contributed by atoms with van der Waals surface area (Å²) in [5.41, 5.74) is 0.572. The Kier molecular flexibility index (Phi) is 3.44. The van der Waals surface area contributed by atoms with Gasteiger partial charge in [-0.15, -0.1) is 0 Å². The van der Waals surface area contributed by atoms with Crippen LogP contribution in [0.3, 0.4) is 0 Å². The Balaban J connectivity index is 1.38. The second-order valence-electron chi connectivity index (χ2n) is 6.60. The van der Waals surface area contributed by atoms with Gasteiger partial charge in [-0.3, -0.25) is 4.79 Å². The lowest BCUT2D eigenvalue weighted by molar-refractivity contribution is -0.143. The van der Waals surface area contributed by atoms with Gasteiger partial charge in [0.15, 0.2) is 5.58 Å². The van der Waals surface area contributed by atoms with Crippen LogP contribution in [0, 0.1) is 5.92 Å². The maximum atomic E-state index is 12.3. The molecular weight excluding hydrogens is 310 g/mol. The quantitative estimate of drug-likeness (QED) is 0.888. The highest BCUT2D eigenvalue weighted by atomic mass is 16.4. The van der Waals surface area contributed by atoms with E-state index in [9.17, 15) is 9.59 Å². The molecule has 7 nitrogen and oxygen atoms in total. The van der Waals surface area contributed by atoms with Crippen molar-refractivity contribution >= 4 is 29.0 Å². The van der Waals surface area contributed by atoms with E-state index in [2.05, 4.69) is 10.3 Å². The van der Waals surface area contributed by atoms with Crippen LogP contribution in [0.15, 0.2) is 28.7 Å². The number of benzene rings is 1. The van der Waals surface area contributed by atoms with Crippen molar-refractivity contribution in [1.29, 1.82) is 0 Å². The van der Waals surface area contributed by atoms with Crippen molar-refractivity contribution in [3.63, 3.8) is 0 Å². The van der Waals surface area contributed by atoms with E-state index in [1.165, 1.54) is 0 Å². The smallest absolute Gasteiger partial charge is 0.329 e. The number of piperidine rings is 1. The summed E-state index contributed by atoms with van der Waals surface area (Å²) >= 11 is 0. The standard InChI is InChI=1S/C17H19N3O4/c21-14(19-17(7-8-17)15(22)23)11-5-9-20(10-6-11)16-18-12-3-1-2-4-13(12)24-16/h1-4,11H,5-10H2,(H,19,21)(H,22,23). The number of hydrogen-bond donors (Lipinski definition) is 2. The van der Waals surface area contributed by atoms with E-state index in [0.29, 0.717) is 44.8 Å². The van der Waals surface area contributed by atoms with Crippen LogP contribution in [-0.2, 0) is 9.59 Å². The van der Waals surface area contributed by atoms with Crippen LogP contribution in [-0.4, -0.2) is 40.6 Å². The first-order valence-corrected chi connectivity index (χ1v) is 8.23. The van der Waals surface area contributed by atoms with Gasteiger partial charge in [0.1, 0.15) is 11.1 Å². The highest BCUT2D eigenvalue weighted by molar-refractivity contribution is 5.90. The van der Waals surface area contributed by atoms with Crippen molar-refractivity contribution < 1.29 is 19.1 Å². The molecule has 1 amide bonds. The molecule has 1 aliphatic heterocycles. The van der Waals surface area contributed by atoms with Gasteiger partial charge in [0.05, 0.1) is 0 Å². The first-order valence-electron chi connectivity index (χ1n) is 8.23. The third kappa shape index (κ3) is 2.60. The van der Waals surface area contributed by atoms with Gasteiger partial charge in [-0.1, -0.05) is 12.1 Å². The number of carbonyl (C=O) groups excluding carboxylic acids is 1. The first-order chi connectivity index (χ1) is 11.6. The number of carboxylic acid groups (broad SMARTS) is 1. The molecule has 2 aromatic rings. The Hall–Kier alpha value is -2.57. The number of aliphatic carboxylic acids is 1. The van der Waals surface area contributed by atoms with Gasteiger partial charge < -0.3 is 19.7 Å². The zero-order chi connectivity index (χ0) is 16.7. The Morgan fingerprint density at radius 1 is 1.25 bits per heavy atom. The zero-order valence-corrected chi connectivity index (χ0v) is 13.2. The second-order valence-corrected chi connectivity index (χ2v) is 6.60. The highest BCUT2D eigenvalue weighted by Gasteiger charge is 2.52. The maximum absolute atomic E-state index is 12.3. The van der Waals surface area contributed by atoms with Gasteiger partial charge in [-0.05, 0) is 37.8 Å². The summed E-state index contributed by atoms with van der Waals surface area (Å²) in [6.07, 6.45) is 2.38. The lowest BCUT2D eigenvalue weighted by Crippen LogP contribution is -2.48. The molecule has 1 saturated heterocycles. The van der Waals surface area contributed by atoms with Crippen LogP contribution >= 0.6 is 0 Å². The molecule has 2 heterocycles. The molecule has 0 bridgehead atoms. The van der Waals surface area contributed by atoms with E-state index in [0.717, 1.165) is 11.1 Å². The van der Waals surface area contributed by atoms with Crippen molar-refractivity contribution in [1.82, 2.24) is 10.3 Å². The largest absolute Gasteiger partial charge is 0.480 e. The number of oxazole rings is 1. The number of anilines is 1. The van der Waals surface area contributed by atoms with E-state index in [-0.39, 0.29) is 11.8 Å². The summed E-state index contributed by atoms with van der Waals surface area (Å²) in [4.78, 5) is 30.0. The number of fused-ring (bicyclic) bond motifs is 1. The zero-order valence-electron chi connectivity index (χ0n) is 13.2. The van der Waals surface area contributed by atoms with Gasteiger partial charge in [-0.25, -0.2) is 4.79 Å². The molecule has 2 fully saturated rings. The van der Waals surface area contributed by atoms with Gasteiger partial charge in [0.25, 0.3) is 6.01 Å². The molecule has 0 unspecified atom stereocenters. The summed E-state index contributed by atoms with van der Waals surface area (Å²) in [5, 5.41) is 11.9. The molecule has 1 aromatic carbocycles. The molecule has 0 radical (unpaired) electrons. The third-order valence-corrected chi connectivity index (χ3v) is 4.94. The number of amides is 1. The van der Waals surface area contributed by atoms with E-state index in [4.69, 9.17) is 9.52 Å². The molecule has 2 N–H and O–H groups in total. The minimum Gasteiger partial charge on any atom is -0.480 e. The normalized spacial score (nSPS) is 20.1. The lowest BCUT2D eigenvalue weighted by Gasteiger charge is -2.30. The fourth-order valence-electron chi connectivity index (χ4n) is 3.18. The second kappa shape index (κ2) is 5.51. The van der Waals surface area contributed by atoms with Gasteiger partial charge in [0, 0.05) is 19.0 Å². The van der Waals surface area contributed by atoms with Crippen LogP contribution in [0.4, 0.5) is 6.01 Å². The van der Waals surface area contributed by atoms with Crippen LogP contribution in [0.5, 0.6) is 0 Å². The van der Waals surface area contributed by atoms with Gasteiger partial charge in [0.2, 0.25) is 5.91 Å². The van der Waals surface area contributed by atoms with Crippen LogP contribution in [0.25, 0.3) is 11.1 Å². The van der Waals surface area contributed by atoms with Crippen LogP contribution in [0.2, 0.25) is 0 Å². The fraction of sp³-hybridized carbons (Fsp3) is 0.471. The molecule has 7 heteroatoms. The fourth-order valence-corrected chi connectivity index (χ4v) is 3.18. The molecule has 1 aliphatic carbocycles. The molecule has 2 aliphatic rings. The van der Waals surface area contributed by atoms with E-state index >= 15 is 0 Å². The highest BCUT2D eigenvalue weighted by Crippen LogP contribution is 2.36. The summed E-state index contributed by atoms with van der Waals surface area (Å²) in [7, 11) is 0. The number of para-hydroxylation sites is 2. The molecular formula is C17H19N3O4. The van der Waals surface area contributed by atoms with Crippen molar-refractivity contribution in [2.75, 3.05) is 18.0 Å². The number of nitrogens with zero attached hydrogens (tertiary/aromatic N) is 2. The SMILES string of the molecule is O=C(NC1(C(=O)O)CC1)C1CCN(c2nc3ccccc3o2)CC1. The summed E-state index contributed by atoms with van der Waals surface area (Å²) in [5.74, 6) is -1.23. The predicted molar refractivity (Wildman–Crippen MR) is 86.7 cm³/mol. The summed E-state index contributed by atoms with van der Waals surface area (Å²) in [6, 6.07) is 8.20. The minimum atomic E-state index is -1.01. The average molecular weight is 329 g/mol. The number of carboxylic acids is 1. The molecule has 4 rings (SSSR count). The molecule has 0 atom stereocenters. The Labute approximate surface area is 138 Å². The molecule has 0 spiro atoms. The van der Waals surface area contributed by atoms with E-state index < -0.39 is 11.5 Å². The Bertz CT molecular complexity index is 755. The van der Waals surface area contributed by atoms with Gasteiger partial charge >= 0.3 is 5.97 Å². The van der Waals surface area contributed by atoms with Crippen molar-refractivity contribution in [3.8, 4) is 0 Å². The third-order valence-electron chi connectivity index (χ3n) is 4.94. The Morgan fingerprint density at radius 2 is 1.96 bits per heavy atom. The predicted octanol–water partition coefficient (Wildman–Crippen LogP) is 1.78. The summed E-state index contributed by atoms with van der Waals surface area (Å²) in [6.45, 7) is 1.34. The van der Waals surface area contributed by atoms with Crippen LogP contribution < -0.4 is 10.2 Å². The minimum absolute atomic E-state index is 0.146. The maximum Gasteiger partial charge on any atom is 0.329 e. The lowest BCUT2D eigenvalue weighted by atomic mass is 9.95. The van der Waals surface area contributed by atoms with Gasteiger partial charge in [-0.2, -0.15) is 4.98 Å². The number of rotatable bonds is 4. The molecule has 126 valence electrons. The van der Waals surface area contributed by atoms with Crippen molar-refractivity contribution in [3.05, 3.63) is 24.3 Å². The summed E-state index contributed by atoms with van der Waals surface area (Å²) < 4.78 is 5.76. The number of nitrogens with one attached hydrogen (secondary N) is 1. The number of carbonyl (C=O) groups is 2. The molecule has 24 heavy (non-hydrogen) atoms. The monoisotopic (exact) mass is 329 g/mol. The van der Waals surface area contributed by atoms with E-state index in [1.54, 1.807) is 0 Å². The molecule has 1 aromatic heterocycles. The average Bonchev–Trinajstić information content (AvgIpc) is 3.24.